The van der Waals surface area contributed by atoms with Crippen LogP contribution in [0.15, 0.2) is 24.2 Å². The Balaban J connectivity index is 1.70. The van der Waals surface area contributed by atoms with Crippen LogP contribution in [0.5, 0.6) is 0 Å². The largest absolute Gasteiger partial charge is 0.350 e. The Hall–Kier alpha value is -2.24. The highest BCUT2D eigenvalue weighted by Gasteiger charge is 2.44. The molecule has 2 amide bonds. The second kappa shape index (κ2) is 5.51. The van der Waals surface area contributed by atoms with Crippen LogP contribution in [0.1, 0.15) is 41.9 Å². The average Bonchev–Trinajstić information content (AvgIpc) is 2.95. The number of nitrogens with one attached hydrogen (secondary N) is 1. The highest BCUT2D eigenvalue weighted by Crippen LogP contribution is 2.46. The van der Waals surface area contributed by atoms with E-state index in [4.69, 9.17) is 0 Å². The van der Waals surface area contributed by atoms with Crippen molar-refractivity contribution in [1.29, 1.82) is 0 Å². The number of aryl methyl sites for hydroxylation is 1. The number of amides is 2. The minimum absolute atomic E-state index is 0.115. The first kappa shape index (κ1) is 14.7. The van der Waals surface area contributed by atoms with Gasteiger partial charge in [-0.3, -0.25) is 14.6 Å². The van der Waals surface area contributed by atoms with E-state index in [0.29, 0.717) is 18.7 Å². The fourth-order valence-corrected chi connectivity index (χ4v) is 3.34. The van der Waals surface area contributed by atoms with Crippen molar-refractivity contribution >= 4 is 11.8 Å². The van der Waals surface area contributed by atoms with Crippen LogP contribution in [0.2, 0.25) is 0 Å². The molecule has 6 nitrogen and oxygen atoms in total. The van der Waals surface area contributed by atoms with Crippen LogP contribution in [0.4, 0.5) is 0 Å². The van der Waals surface area contributed by atoms with E-state index in [-0.39, 0.29) is 17.2 Å². The van der Waals surface area contributed by atoms with Crippen LogP contribution in [-0.4, -0.2) is 40.3 Å². The quantitative estimate of drug-likeness (QED) is 0.916. The number of aromatic nitrogens is 2. The number of nitrogens with zero attached hydrogens (tertiary/aromatic N) is 3. The minimum Gasteiger partial charge on any atom is -0.350 e. The van der Waals surface area contributed by atoms with Gasteiger partial charge in [-0.25, -0.2) is 4.98 Å². The highest BCUT2D eigenvalue weighted by molar-refractivity contribution is 5.92. The third-order valence-electron chi connectivity index (χ3n) is 4.66. The molecule has 0 bridgehead atoms. The molecule has 1 unspecified atom stereocenters. The summed E-state index contributed by atoms with van der Waals surface area (Å²) in [6, 6.07) is 0. The third kappa shape index (κ3) is 2.49. The van der Waals surface area contributed by atoms with Gasteiger partial charge in [-0.15, -0.1) is 0 Å². The summed E-state index contributed by atoms with van der Waals surface area (Å²) in [5.74, 6) is -0.0628. The molecule has 1 aromatic rings. The molecule has 1 N–H and O–H groups in total. The molecule has 1 aromatic heterocycles. The first-order chi connectivity index (χ1) is 10.5. The van der Waals surface area contributed by atoms with Crippen molar-refractivity contribution in [3.8, 4) is 0 Å². The van der Waals surface area contributed by atoms with E-state index in [9.17, 15) is 9.59 Å². The maximum atomic E-state index is 12.2. The standard InChI is InChI=1S/C16H20N4O2/c1-11-8-18-12(9-17-11)15(22)19-10-16-6-3-4-13(16)20(2)14(21)5-7-16/h4,8-9H,3,5-7,10H2,1-2H3,(H,19,22). The van der Waals surface area contributed by atoms with Crippen molar-refractivity contribution in [3.63, 3.8) is 0 Å². The van der Waals surface area contributed by atoms with E-state index in [1.807, 2.05) is 14.0 Å². The summed E-state index contributed by atoms with van der Waals surface area (Å²) in [5.41, 5.74) is 2.05. The summed E-state index contributed by atoms with van der Waals surface area (Å²) in [4.78, 5) is 34.0. The molecule has 0 spiro atoms. The Bertz CT molecular complexity index is 638. The lowest BCUT2D eigenvalue weighted by molar-refractivity contribution is -0.131. The summed E-state index contributed by atoms with van der Waals surface area (Å²) in [6.45, 7) is 2.36. The molecule has 1 aliphatic carbocycles. The monoisotopic (exact) mass is 300 g/mol. The molecule has 1 saturated heterocycles. The van der Waals surface area contributed by atoms with Crippen molar-refractivity contribution < 1.29 is 9.59 Å². The van der Waals surface area contributed by atoms with Gasteiger partial charge in [0.2, 0.25) is 5.91 Å². The normalized spacial score (nSPS) is 24.0. The number of rotatable bonds is 3. The zero-order chi connectivity index (χ0) is 15.7. The second-order valence-electron chi connectivity index (χ2n) is 6.09. The van der Waals surface area contributed by atoms with Gasteiger partial charge in [0, 0.05) is 37.3 Å². The molecule has 6 heteroatoms. The topological polar surface area (TPSA) is 75.2 Å². The Labute approximate surface area is 129 Å². The van der Waals surface area contributed by atoms with E-state index in [2.05, 4.69) is 21.4 Å². The average molecular weight is 300 g/mol. The van der Waals surface area contributed by atoms with Crippen LogP contribution in [0.3, 0.4) is 0 Å². The van der Waals surface area contributed by atoms with Crippen LogP contribution < -0.4 is 5.32 Å². The fourth-order valence-electron chi connectivity index (χ4n) is 3.34. The molecule has 2 aliphatic rings. The number of carbonyl (C=O) groups excluding carboxylic acids is 2. The van der Waals surface area contributed by atoms with Crippen molar-refractivity contribution in [2.24, 2.45) is 5.41 Å². The first-order valence-electron chi connectivity index (χ1n) is 7.56. The summed E-state index contributed by atoms with van der Waals surface area (Å²) in [5, 5.41) is 2.97. The molecule has 1 fully saturated rings. The molecule has 1 atom stereocenters. The predicted octanol–water partition coefficient (Wildman–Crippen LogP) is 1.43. The molecule has 0 radical (unpaired) electrons. The van der Waals surface area contributed by atoms with Crippen LogP contribution in [0, 0.1) is 12.3 Å². The van der Waals surface area contributed by atoms with Gasteiger partial charge in [-0.2, -0.15) is 0 Å². The summed E-state index contributed by atoms with van der Waals surface area (Å²) >= 11 is 0. The van der Waals surface area contributed by atoms with E-state index < -0.39 is 0 Å². The Kier molecular flexibility index (Phi) is 3.68. The van der Waals surface area contributed by atoms with Gasteiger partial charge in [0.05, 0.1) is 11.9 Å². The maximum Gasteiger partial charge on any atom is 0.271 e. The lowest BCUT2D eigenvalue weighted by Crippen LogP contribution is -2.46. The minimum atomic E-state index is -0.215. The van der Waals surface area contributed by atoms with Crippen molar-refractivity contribution in [1.82, 2.24) is 20.2 Å². The predicted molar refractivity (Wildman–Crippen MR) is 80.9 cm³/mol. The second-order valence-corrected chi connectivity index (χ2v) is 6.09. The lowest BCUT2D eigenvalue weighted by Gasteiger charge is -2.41. The number of hydrogen-bond acceptors (Lipinski definition) is 4. The lowest BCUT2D eigenvalue weighted by atomic mass is 9.77. The number of hydrogen-bond donors (Lipinski definition) is 1. The van der Waals surface area contributed by atoms with Gasteiger partial charge in [0.1, 0.15) is 5.69 Å². The van der Waals surface area contributed by atoms with Crippen molar-refractivity contribution in [3.05, 3.63) is 35.6 Å². The molecule has 116 valence electrons. The molecule has 0 aromatic carbocycles. The van der Waals surface area contributed by atoms with Crippen molar-refractivity contribution in [2.75, 3.05) is 13.6 Å². The van der Waals surface area contributed by atoms with Gasteiger partial charge in [0.25, 0.3) is 5.91 Å². The smallest absolute Gasteiger partial charge is 0.271 e. The molecular formula is C16H20N4O2. The Morgan fingerprint density at radius 2 is 2.18 bits per heavy atom. The van der Waals surface area contributed by atoms with Gasteiger partial charge < -0.3 is 10.2 Å². The van der Waals surface area contributed by atoms with E-state index >= 15 is 0 Å². The first-order valence-corrected chi connectivity index (χ1v) is 7.56. The van der Waals surface area contributed by atoms with E-state index in [1.165, 1.54) is 6.20 Å². The van der Waals surface area contributed by atoms with Gasteiger partial charge in [-0.05, 0) is 26.2 Å². The van der Waals surface area contributed by atoms with Gasteiger partial charge in [-0.1, -0.05) is 6.08 Å². The summed E-state index contributed by atoms with van der Waals surface area (Å²) in [7, 11) is 1.82. The van der Waals surface area contributed by atoms with Gasteiger partial charge >= 0.3 is 0 Å². The molecule has 2 heterocycles. The summed E-state index contributed by atoms with van der Waals surface area (Å²) < 4.78 is 0. The highest BCUT2D eigenvalue weighted by atomic mass is 16.2. The van der Waals surface area contributed by atoms with Crippen LogP contribution in [0.25, 0.3) is 0 Å². The molecule has 22 heavy (non-hydrogen) atoms. The molecule has 3 rings (SSSR count). The number of carbonyl (C=O) groups is 2. The molecular weight excluding hydrogens is 280 g/mol. The van der Waals surface area contributed by atoms with Crippen molar-refractivity contribution in [2.45, 2.75) is 32.6 Å². The molecule has 0 saturated carbocycles. The fraction of sp³-hybridized carbons (Fsp3) is 0.500. The molecule has 1 aliphatic heterocycles. The number of likely N-dealkylation sites (tertiary alicyclic amines) is 1. The number of allylic oxidation sites excluding steroid dienone is 1. The van der Waals surface area contributed by atoms with Crippen LogP contribution in [-0.2, 0) is 4.79 Å². The maximum absolute atomic E-state index is 12.2. The summed E-state index contributed by atoms with van der Waals surface area (Å²) in [6.07, 6.45) is 8.45. The van der Waals surface area contributed by atoms with E-state index in [1.54, 1.807) is 11.1 Å². The SMILES string of the molecule is Cc1cnc(C(=O)NCC23CCC=C2N(C)C(=O)CC3)cn1. The van der Waals surface area contributed by atoms with Gasteiger partial charge in [0.15, 0.2) is 0 Å². The van der Waals surface area contributed by atoms with E-state index in [0.717, 1.165) is 30.7 Å². The zero-order valence-electron chi connectivity index (χ0n) is 12.9. The Morgan fingerprint density at radius 3 is 2.91 bits per heavy atom. The number of fused-ring (bicyclic) bond motifs is 1. The zero-order valence-corrected chi connectivity index (χ0v) is 12.9. The third-order valence-corrected chi connectivity index (χ3v) is 4.66. The number of piperidine rings is 1. The Morgan fingerprint density at radius 1 is 1.36 bits per heavy atom. The van der Waals surface area contributed by atoms with Crippen LogP contribution >= 0.6 is 0 Å².